The third-order valence-corrected chi connectivity index (χ3v) is 7.09. The lowest BCUT2D eigenvalue weighted by molar-refractivity contribution is -0.113. The van der Waals surface area contributed by atoms with E-state index in [1.807, 2.05) is 53.9 Å². The molecule has 32 heavy (non-hydrogen) atoms. The first-order chi connectivity index (χ1) is 15.5. The van der Waals surface area contributed by atoms with Gasteiger partial charge in [-0.3, -0.25) is 14.2 Å². The van der Waals surface area contributed by atoms with E-state index >= 15 is 0 Å². The van der Waals surface area contributed by atoms with Gasteiger partial charge in [-0.05, 0) is 47.5 Å². The summed E-state index contributed by atoms with van der Waals surface area (Å²) in [6.07, 6.45) is 0.749. The molecule has 0 fully saturated rings. The number of fused-ring (bicyclic) bond motifs is 1. The van der Waals surface area contributed by atoms with Gasteiger partial charge in [0.15, 0.2) is 5.16 Å². The monoisotopic (exact) mass is 463 g/mol. The molecule has 7 heteroatoms. The average Bonchev–Trinajstić information content (AvgIpc) is 3.31. The molecule has 4 aromatic rings. The number of anilines is 1. The molecule has 5 nitrogen and oxygen atoms in total. The number of rotatable bonds is 8. The summed E-state index contributed by atoms with van der Waals surface area (Å²) in [5.74, 6) is 0.370. The second-order valence-corrected chi connectivity index (χ2v) is 9.75. The summed E-state index contributed by atoms with van der Waals surface area (Å²) in [7, 11) is 0. The molecule has 0 saturated carbocycles. The predicted octanol–water partition coefficient (Wildman–Crippen LogP) is 5.55. The second-order valence-electron chi connectivity index (χ2n) is 7.78. The van der Waals surface area contributed by atoms with Crippen LogP contribution in [-0.2, 0) is 17.8 Å². The van der Waals surface area contributed by atoms with Crippen LogP contribution in [0.15, 0.2) is 76.0 Å². The van der Waals surface area contributed by atoms with Gasteiger partial charge in [-0.15, -0.1) is 11.3 Å². The first kappa shape index (κ1) is 22.3. The zero-order chi connectivity index (χ0) is 22.5. The maximum absolute atomic E-state index is 13.2. The van der Waals surface area contributed by atoms with E-state index in [1.165, 1.54) is 16.6 Å². The Hall–Kier alpha value is -2.90. The molecule has 0 spiro atoms. The Morgan fingerprint density at radius 2 is 1.88 bits per heavy atom. The number of aryl methyl sites for hydroxylation is 1. The van der Waals surface area contributed by atoms with Gasteiger partial charge in [0, 0.05) is 17.1 Å². The Morgan fingerprint density at radius 1 is 1.09 bits per heavy atom. The number of benzene rings is 2. The average molecular weight is 464 g/mol. The van der Waals surface area contributed by atoms with E-state index in [9.17, 15) is 9.59 Å². The van der Waals surface area contributed by atoms with Gasteiger partial charge >= 0.3 is 0 Å². The third-order valence-electron chi connectivity index (χ3n) is 5.18. The molecule has 164 valence electrons. The molecule has 0 atom stereocenters. The van der Waals surface area contributed by atoms with Crippen molar-refractivity contribution in [1.82, 2.24) is 9.55 Å². The minimum atomic E-state index is -0.115. The van der Waals surface area contributed by atoms with Gasteiger partial charge in [-0.25, -0.2) is 4.98 Å². The van der Waals surface area contributed by atoms with E-state index in [4.69, 9.17) is 4.98 Å². The number of aromatic nitrogens is 2. The molecular weight excluding hydrogens is 438 g/mol. The Bertz CT molecular complexity index is 1280. The van der Waals surface area contributed by atoms with Gasteiger partial charge in [0.2, 0.25) is 5.91 Å². The molecule has 0 radical (unpaired) electrons. The van der Waals surface area contributed by atoms with Gasteiger partial charge in [0.1, 0.15) is 0 Å². The summed E-state index contributed by atoms with van der Waals surface area (Å²) < 4.78 is 1.70. The van der Waals surface area contributed by atoms with E-state index in [0.717, 1.165) is 17.7 Å². The lowest BCUT2D eigenvalue weighted by Crippen LogP contribution is -2.25. The molecule has 1 amide bonds. The van der Waals surface area contributed by atoms with Gasteiger partial charge in [0.05, 0.1) is 16.7 Å². The standard InChI is InChI=1S/C25H25N3O2S2/c1-17(2)19-9-3-5-11-21(19)26-23(29)16-32-25-27-22-12-6-4-10-20(22)24(30)28(25)14-13-18-8-7-15-31-18/h3-12,15,17H,13-14,16H2,1-2H3,(H,26,29). The third kappa shape index (κ3) is 5.11. The highest BCUT2D eigenvalue weighted by Gasteiger charge is 2.15. The number of hydrogen-bond acceptors (Lipinski definition) is 5. The Labute approximate surface area is 195 Å². The van der Waals surface area contributed by atoms with E-state index in [2.05, 4.69) is 25.2 Å². The fourth-order valence-electron chi connectivity index (χ4n) is 3.56. The van der Waals surface area contributed by atoms with Crippen molar-refractivity contribution in [3.63, 3.8) is 0 Å². The van der Waals surface area contributed by atoms with Gasteiger partial charge in [0.25, 0.3) is 5.56 Å². The minimum Gasteiger partial charge on any atom is -0.325 e. The topological polar surface area (TPSA) is 64.0 Å². The van der Waals surface area contributed by atoms with Crippen molar-refractivity contribution in [1.29, 1.82) is 0 Å². The predicted molar refractivity (Wildman–Crippen MR) is 134 cm³/mol. The molecule has 0 aliphatic rings. The van der Waals surface area contributed by atoms with Crippen LogP contribution in [0.2, 0.25) is 0 Å². The molecule has 4 rings (SSSR count). The molecule has 1 N–H and O–H groups in total. The molecule has 0 unspecified atom stereocenters. The summed E-state index contributed by atoms with van der Waals surface area (Å²) in [6.45, 7) is 4.73. The Morgan fingerprint density at radius 3 is 2.66 bits per heavy atom. The Balaban J connectivity index is 1.55. The summed E-state index contributed by atoms with van der Waals surface area (Å²) in [4.78, 5) is 31.8. The number of carbonyl (C=O) groups excluding carboxylic acids is 1. The molecular formula is C25H25N3O2S2. The quantitative estimate of drug-likeness (QED) is 0.275. The van der Waals surface area contributed by atoms with E-state index in [-0.39, 0.29) is 17.2 Å². The van der Waals surface area contributed by atoms with Crippen molar-refractivity contribution in [3.8, 4) is 0 Å². The van der Waals surface area contributed by atoms with Crippen molar-refractivity contribution in [3.05, 3.63) is 86.8 Å². The van der Waals surface area contributed by atoms with Crippen LogP contribution in [0, 0.1) is 0 Å². The molecule has 2 aromatic carbocycles. The smallest absolute Gasteiger partial charge is 0.262 e. The van der Waals surface area contributed by atoms with Crippen LogP contribution in [0.4, 0.5) is 5.69 Å². The fraction of sp³-hybridized carbons (Fsp3) is 0.240. The minimum absolute atomic E-state index is 0.0692. The van der Waals surface area contributed by atoms with E-state index in [1.54, 1.807) is 22.0 Å². The summed E-state index contributed by atoms with van der Waals surface area (Å²) in [5.41, 5.74) is 2.51. The molecule has 0 aliphatic carbocycles. The largest absolute Gasteiger partial charge is 0.325 e. The fourth-order valence-corrected chi connectivity index (χ4v) is 5.09. The van der Waals surface area contributed by atoms with Crippen LogP contribution < -0.4 is 10.9 Å². The lowest BCUT2D eigenvalue weighted by Gasteiger charge is -2.15. The maximum atomic E-state index is 13.2. The second kappa shape index (κ2) is 10.1. The van der Waals surface area contributed by atoms with Crippen molar-refractivity contribution < 1.29 is 4.79 Å². The number of nitrogens with one attached hydrogen (secondary N) is 1. The van der Waals surface area contributed by atoms with Crippen LogP contribution >= 0.6 is 23.1 Å². The molecule has 2 heterocycles. The highest BCUT2D eigenvalue weighted by molar-refractivity contribution is 7.99. The number of thioether (sulfide) groups is 1. The van der Waals surface area contributed by atoms with Crippen LogP contribution in [0.25, 0.3) is 10.9 Å². The van der Waals surface area contributed by atoms with Crippen LogP contribution in [0.3, 0.4) is 0 Å². The van der Waals surface area contributed by atoms with Crippen LogP contribution in [0.5, 0.6) is 0 Å². The van der Waals surface area contributed by atoms with Crippen molar-refractivity contribution in [2.75, 3.05) is 11.1 Å². The molecule has 0 aliphatic heterocycles. The highest BCUT2D eigenvalue weighted by atomic mass is 32.2. The Kier molecular flexibility index (Phi) is 7.07. The number of thiophene rings is 1. The highest BCUT2D eigenvalue weighted by Crippen LogP contribution is 2.25. The molecule has 0 bridgehead atoms. The zero-order valence-electron chi connectivity index (χ0n) is 18.1. The SMILES string of the molecule is CC(C)c1ccccc1NC(=O)CSc1nc2ccccc2c(=O)n1CCc1cccs1. The van der Waals surface area contributed by atoms with Crippen LogP contribution in [0.1, 0.15) is 30.2 Å². The van der Waals surface area contributed by atoms with E-state index < -0.39 is 0 Å². The summed E-state index contributed by atoms with van der Waals surface area (Å²) in [5, 5.41) is 6.21. The first-order valence-electron chi connectivity index (χ1n) is 10.6. The number of nitrogens with zero attached hydrogens (tertiary/aromatic N) is 2. The van der Waals surface area contributed by atoms with E-state index in [0.29, 0.717) is 28.5 Å². The van der Waals surface area contributed by atoms with Gasteiger partial charge < -0.3 is 5.32 Å². The zero-order valence-corrected chi connectivity index (χ0v) is 19.7. The van der Waals surface area contributed by atoms with Gasteiger partial charge in [-0.1, -0.05) is 62.0 Å². The number of para-hydroxylation sites is 2. The summed E-state index contributed by atoms with van der Waals surface area (Å²) >= 11 is 2.97. The first-order valence-corrected chi connectivity index (χ1v) is 12.4. The number of hydrogen-bond donors (Lipinski definition) is 1. The molecule has 2 aromatic heterocycles. The number of carbonyl (C=O) groups is 1. The molecule has 0 saturated heterocycles. The van der Waals surface area contributed by atoms with Crippen molar-refractivity contribution in [2.45, 2.75) is 37.9 Å². The lowest BCUT2D eigenvalue weighted by atomic mass is 10.0. The normalized spacial score (nSPS) is 11.2. The maximum Gasteiger partial charge on any atom is 0.262 e. The van der Waals surface area contributed by atoms with Gasteiger partial charge in [-0.2, -0.15) is 0 Å². The van der Waals surface area contributed by atoms with Crippen molar-refractivity contribution in [2.24, 2.45) is 0 Å². The summed E-state index contributed by atoms with van der Waals surface area (Å²) in [6, 6.07) is 19.3. The number of amides is 1. The van der Waals surface area contributed by atoms with Crippen LogP contribution in [-0.4, -0.2) is 21.2 Å². The van der Waals surface area contributed by atoms with Crippen molar-refractivity contribution >= 4 is 45.6 Å².